The fraction of sp³-hybridized carbons (Fsp3) is 0.250. The zero-order chi connectivity index (χ0) is 11.4. The molecule has 2 aromatic heterocycles. The fourth-order valence-corrected chi connectivity index (χ4v) is 2.46. The molecule has 0 saturated heterocycles. The van der Waals surface area contributed by atoms with E-state index in [0.29, 0.717) is 11.6 Å². The van der Waals surface area contributed by atoms with Gasteiger partial charge in [-0.15, -0.1) is 10.2 Å². The summed E-state index contributed by atoms with van der Waals surface area (Å²) in [5, 5.41) is 7.69. The minimum Gasteiger partial charge on any atom is -0.308 e. The summed E-state index contributed by atoms with van der Waals surface area (Å²) in [5.41, 5.74) is 5.10. The summed E-state index contributed by atoms with van der Waals surface area (Å²) in [7, 11) is 0. The molecule has 0 spiro atoms. The molecule has 6 nitrogen and oxygen atoms in total. The number of anilines is 1. The molecule has 0 aliphatic rings. The van der Waals surface area contributed by atoms with Gasteiger partial charge >= 0.3 is 0 Å². The highest BCUT2D eigenvalue weighted by Gasteiger charge is 2.04. The summed E-state index contributed by atoms with van der Waals surface area (Å²) in [5.74, 6) is 7.32. The number of aryl methyl sites for hydroxylation is 1. The molecule has 84 valence electrons. The lowest BCUT2D eigenvalue weighted by molar-refractivity contribution is 0.981. The van der Waals surface area contributed by atoms with Crippen LogP contribution >= 0.6 is 23.1 Å². The fourth-order valence-electron chi connectivity index (χ4n) is 1.12. The summed E-state index contributed by atoms with van der Waals surface area (Å²) in [6.45, 7) is 1.90. The van der Waals surface area contributed by atoms with Gasteiger partial charge in [0.05, 0.1) is 5.75 Å². The average Bonchev–Trinajstić information content (AvgIpc) is 2.78. The first-order chi connectivity index (χ1) is 7.78. The Hall–Kier alpha value is -1.25. The van der Waals surface area contributed by atoms with Crippen LogP contribution in [0.3, 0.4) is 0 Å². The Morgan fingerprint density at radius 3 is 3.06 bits per heavy atom. The molecule has 16 heavy (non-hydrogen) atoms. The SMILES string of the molecule is Cc1cc(NN)nc(CSc2nncs2)n1. The van der Waals surface area contributed by atoms with Crippen LogP contribution in [0.25, 0.3) is 0 Å². The molecule has 0 saturated carbocycles. The number of nitrogen functional groups attached to an aromatic ring is 1. The van der Waals surface area contributed by atoms with Crippen molar-refractivity contribution in [1.82, 2.24) is 20.2 Å². The molecule has 8 heteroatoms. The van der Waals surface area contributed by atoms with Crippen LogP contribution < -0.4 is 11.3 Å². The number of nitrogens with one attached hydrogen (secondary N) is 1. The summed E-state index contributed by atoms with van der Waals surface area (Å²) in [4.78, 5) is 8.55. The van der Waals surface area contributed by atoms with Crippen LogP contribution in [0.4, 0.5) is 5.82 Å². The summed E-state index contributed by atoms with van der Waals surface area (Å²) in [6.07, 6.45) is 0. The van der Waals surface area contributed by atoms with E-state index in [1.807, 2.05) is 6.92 Å². The number of nitrogens with two attached hydrogens (primary N) is 1. The predicted octanol–water partition coefficient (Wildman–Crippen LogP) is 1.21. The third-order valence-corrected chi connectivity index (χ3v) is 3.57. The van der Waals surface area contributed by atoms with Gasteiger partial charge in [0.2, 0.25) is 0 Å². The van der Waals surface area contributed by atoms with Gasteiger partial charge in [0.1, 0.15) is 17.2 Å². The molecule has 2 aromatic rings. The topological polar surface area (TPSA) is 89.6 Å². The van der Waals surface area contributed by atoms with E-state index >= 15 is 0 Å². The van der Waals surface area contributed by atoms with Crippen LogP contribution in [0.1, 0.15) is 11.5 Å². The first kappa shape index (κ1) is 11.2. The molecular formula is C8H10N6S2. The van der Waals surface area contributed by atoms with Crippen molar-refractivity contribution >= 4 is 28.9 Å². The number of thioether (sulfide) groups is 1. The Kier molecular flexibility index (Phi) is 3.65. The van der Waals surface area contributed by atoms with E-state index in [9.17, 15) is 0 Å². The van der Waals surface area contributed by atoms with Gasteiger partial charge in [-0.2, -0.15) is 0 Å². The van der Waals surface area contributed by atoms with Crippen LogP contribution in [0.5, 0.6) is 0 Å². The van der Waals surface area contributed by atoms with Gasteiger partial charge in [-0.25, -0.2) is 15.8 Å². The average molecular weight is 254 g/mol. The van der Waals surface area contributed by atoms with Crippen molar-refractivity contribution in [3.05, 3.63) is 23.1 Å². The first-order valence-electron chi connectivity index (χ1n) is 4.48. The largest absolute Gasteiger partial charge is 0.308 e. The van der Waals surface area contributed by atoms with Crippen LogP contribution in [-0.2, 0) is 5.75 Å². The monoisotopic (exact) mass is 254 g/mol. The molecule has 0 atom stereocenters. The zero-order valence-electron chi connectivity index (χ0n) is 8.54. The van der Waals surface area contributed by atoms with Gasteiger partial charge in [-0.05, 0) is 6.92 Å². The van der Waals surface area contributed by atoms with Crippen LogP contribution in [-0.4, -0.2) is 20.2 Å². The van der Waals surface area contributed by atoms with Gasteiger partial charge in [-0.3, -0.25) is 0 Å². The molecule has 0 aliphatic heterocycles. The maximum Gasteiger partial charge on any atom is 0.174 e. The number of rotatable bonds is 4. The third-order valence-electron chi connectivity index (χ3n) is 1.71. The van der Waals surface area contributed by atoms with Crippen molar-refractivity contribution in [2.45, 2.75) is 17.0 Å². The van der Waals surface area contributed by atoms with Gasteiger partial charge in [0.25, 0.3) is 0 Å². The second kappa shape index (κ2) is 5.19. The van der Waals surface area contributed by atoms with Crippen molar-refractivity contribution in [1.29, 1.82) is 0 Å². The lowest BCUT2D eigenvalue weighted by Crippen LogP contribution is -2.10. The van der Waals surface area contributed by atoms with Crippen molar-refractivity contribution in [3.63, 3.8) is 0 Å². The minimum atomic E-state index is 0.625. The Balaban J connectivity index is 2.06. The molecule has 0 amide bonds. The second-order valence-corrected chi connectivity index (χ2v) is 5.00. The van der Waals surface area contributed by atoms with Gasteiger partial charge in [0, 0.05) is 11.8 Å². The lowest BCUT2D eigenvalue weighted by atomic mass is 10.4. The predicted molar refractivity (Wildman–Crippen MR) is 64.0 cm³/mol. The van der Waals surface area contributed by atoms with Crippen molar-refractivity contribution in [2.24, 2.45) is 5.84 Å². The van der Waals surface area contributed by atoms with Crippen LogP contribution in [0.15, 0.2) is 15.9 Å². The molecule has 3 N–H and O–H groups in total. The molecule has 2 rings (SSSR count). The second-order valence-electron chi connectivity index (χ2n) is 2.95. The minimum absolute atomic E-state index is 0.625. The molecule has 0 bridgehead atoms. The number of hydrogen-bond donors (Lipinski definition) is 2. The summed E-state index contributed by atoms with van der Waals surface area (Å²) >= 11 is 3.06. The third kappa shape index (κ3) is 2.87. The highest BCUT2D eigenvalue weighted by atomic mass is 32.2. The van der Waals surface area contributed by atoms with E-state index in [0.717, 1.165) is 15.9 Å². The smallest absolute Gasteiger partial charge is 0.174 e. The lowest BCUT2D eigenvalue weighted by Gasteiger charge is -2.03. The molecule has 0 radical (unpaired) electrons. The van der Waals surface area contributed by atoms with Crippen molar-refractivity contribution < 1.29 is 0 Å². The molecule has 0 unspecified atom stereocenters. The normalized spacial score (nSPS) is 10.4. The van der Waals surface area contributed by atoms with E-state index in [1.54, 1.807) is 23.3 Å². The summed E-state index contributed by atoms with van der Waals surface area (Å²) in [6, 6.07) is 1.79. The zero-order valence-corrected chi connectivity index (χ0v) is 10.2. The summed E-state index contributed by atoms with van der Waals surface area (Å²) < 4.78 is 0.910. The number of aromatic nitrogens is 4. The van der Waals surface area contributed by atoms with Crippen LogP contribution in [0, 0.1) is 6.92 Å². The number of nitrogens with zero attached hydrogens (tertiary/aromatic N) is 4. The van der Waals surface area contributed by atoms with Crippen molar-refractivity contribution in [2.75, 3.05) is 5.43 Å². The van der Waals surface area contributed by atoms with Gasteiger partial charge in [-0.1, -0.05) is 23.1 Å². The standard InChI is InChI=1S/C8H10N6S2/c1-5-2-6(13-9)12-7(11-5)3-15-8-14-10-4-16-8/h2,4H,3,9H2,1H3,(H,11,12,13). The molecule has 0 fully saturated rings. The van der Waals surface area contributed by atoms with Gasteiger partial charge in [0.15, 0.2) is 4.34 Å². The highest BCUT2D eigenvalue weighted by Crippen LogP contribution is 2.22. The highest BCUT2D eigenvalue weighted by molar-refractivity contribution is 8.00. The van der Waals surface area contributed by atoms with Crippen LogP contribution in [0.2, 0.25) is 0 Å². The Morgan fingerprint density at radius 1 is 1.50 bits per heavy atom. The van der Waals surface area contributed by atoms with E-state index in [4.69, 9.17) is 5.84 Å². The Bertz CT molecular complexity index is 458. The van der Waals surface area contributed by atoms with E-state index < -0.39 is 0 Å². The van der Waals surface area contributed by atoms with E-state index in [2.05, 4.69) is 25.6 Å². The first-order valence-corrected chi connectivity index (χ1v) is 6.34. The molecular weight excluding hydrogens is 244 g/mol. The van der Waals surface area contributed by atoms with E-state index in [-0.39, 0.29) is 0 Å². The van der Waals surface area contributed by atoms with E-state index in [1.165, 1.54) is 11.3 Å². The number of hydrogen-bond acceptors (Lipinski definition) is 8. The molecule has 0 aliphatic carbocycles. The quantitative estimate of drug-likeness (QED) is 0.481. The number of hydrazine groups is 1. The van der Waals surface area contributed by atoms with Crippen molar-refractivity contribution in [3.8, 4) is 0 Å². The maximum atomic E-state index is 5.31. The Labute approximate surface area is 101 Å². The Morgan fingerprint density at radius 2 is 2.38 bits per heavy atom. The molecule has 2 heterocycles. The maximum absolute atomic E-state index is 5.31. The van der Waals surface area contributed by atoms with Gasteiger partial charge < -0.3 is 5.43 Å². The molecule has 0 aromatic carbocycles.